The number of benzene rings is 4. The molecule has 0 aliphatic carbocycles. The van der Waals surface area contributed by atoms with Crippen molar-refractivity contribution < 1.29 is 22.7 Å². The molecule has 1 atom stereocenters. The standard InChI is InChI=1S/C34H35Cl2N3O5S/c1-3-21-37-34(41)32(4-2)38(23-25-15-16-26(35)22-31(25)36)33(40)24-39(45(42,43)30-13-9-6-10-14-30)27-17-19-29(20-18-27)44-28-11-7-5-8-12-28/h5-20,22,32H,3-4,21,23-24H2,1-2H3,(H,37,41)/t32-/m0/s1. The number of rotatable bonds is 14. The number of hydrogen-bond donors (Lipinski definition) is 1. The van der Waals surface area contributed by atoms with E-state index in [-0.39, 0.29) is 23.0 Å². The smallest absolute Gasteiger partial charge is 0.264 e. The third-order valence-electron chi connectivity index (χ3n) is 7.00. The van der Waals surface area contributed by atoms with Crippen molar-refractivity contribution in [3.8, 4) is 11.5 Å². The van der Waals surface area contributed by atoms with Crippen LogP contribution in [0.3, 0.4) is 0 Å². The average molecular weight is 669 g/mol. The van der Waals surface area contributed by atoms with E-state index in [4.69, 9.17) is 27.9 Å². The molecule has 4 rings (SSSR count). The lowest BCUT2D eigenvalue weighted by Crippen LogP contribution is -2.52. The fraction of sp³-hybridized carbons (Fsp3) is 0.235. The third kappa shape index (κ3) is 8.78. The molecular formula is C34H35Cl2N3O5S. The van der Waals surface area contributed by atoms with E-state index in [0.717, 1.165) is 4.31 Å². The van der Waals surface area contributed by atoms with Gasteiger partial charge in [0.05, 0.1) is 10.6 Å². The predicted molar refractivity (Wildman–Crippen MR) is 178 cm³/mol. The number of ether oxygens (including phenoxy) is 1. The van der Waals surface area contributed by atoms with Gasteiger partial charge < -0.3 is 15.0 Å². The van der Waals surface area contributed by atoms with Gasteiger partial charge in [-0.1, -0.05) is 79.5 Å². The van der Waals surface area contributed by atoms with E-state index in [1.165, 1.54) is 17.0 Å². The first-order valence-electron chi connectivity index (χ1n) is 14.6. The van der Waals surface area contributed by atoms with Gasteiger partial charge >= 0.3 is 0 Å². The molecule has 236 valence electrons. The zero-order valence-electron chi connectivity index (χ0n) is 25.0. The number of anilines is 1. The molecule has 2 amide bonds. The van der Waals surface area contributed by atoms with Crippen molar-refractivity contribution in [3.05, 3.63) is 119 Å². The fourth-order valence-electron chi connectivity index (χ4n) is 4.67. The number of sulfonamides is 1. The van der Waals surface area contributed by atoms with Gasteiger partial charge in [0.2, 0.25) is 11.8 Å². The molecule has 0 spiro atoms. The number of hydrogen-bond acceptors (Lipinski definition) is 5. The summed E-state index contributed by atoms with van der Waals surface area (Å²) in [7, 11) is -4.21. The summed E-state index contributed by atoms with van der Waals surface area (Å²) in [4.78, 5) is 28.9. The summed E-state index contributed by atoms with van der Waals surface area (Å²) < 4.78 is 35.0. The molecule has 0 unspecified atom stereocenters. The summed E-state index contributed by atoms with van der Waals surface area (Å²) in [5.41, 5.74) is 0.816. The Morgan fingerprint density at radius 1 is 0.844 bits per heavy atom. The van der Waals surface area contributed by atoms with Crippen molar-refractivity contribution in [1.82, 2.24) is 10.2 Å². The van der Waals surface area contributed by atoms with Gasteiger partial charge in [-0.05, 0) is 79.1 Å². The van der Waals surface area contributed by atoms with E-state index < -0.39 is 28.5 Å². The maximum atomic E-state index is 14.2. The molecule has 0 heterocycles. The van der Waals surface area contributed by atoms with Crippen LogP contribution in [-0.4, -0.2) is 44.3 Å². The van der Waals surface area contributed by atoms with Crippen LogP contribution in [0.1, 0.15) is 32.3 Å². The highest BCUT2D eigenvalue weighted by atomic mass is 35.5. The highest BCUT2D eigenvalue weighted by Crippen LogP contribution is 2.29. The normalized spacial score (nSPS) is 11.8. The minimum atomic E-state index is -4.21. The van der Waals surface area contributed by atoms with Crippen LogP contribution in [0.5, 0.6) is 11.5 Å². The molecule has 0 radical (unpaired) electrons. The molecule has 0 aliphatic rings. The van der Waals surface area contributed by atoms with E-state index in [0.29, 0.717) is 46.5 Å². The number of carbonyl (C=O) groups excluding carboxylic acids is 2. The monoisotopic (exact) mass is 667 g/mol. The van der Waals surface area contributed by atoms with Gasteiger partial charge in [-0.15, -0.1) is 0 Å². The Morgan fingerprint density at radius 2 is 1.47 bits per heavy atom. The number of amides is 2. The van der Waals surface area contributed by atoms with Gasteiger partial charge in [0.25, 0.3) is 10.0 Å². The Balaban J connectivity index is 1.72. The van der Waals surface area contributed by atoms with Gasteiger partial charge in [-0.2, -0.15) is 0 Å². The summed E-state index contributed by atoms with van der Waals surface area (Å²) in [5.74, 6) is 0.199. The second kappa shape index (κ2) is 15.8. The summed E-state index contributed by atoms with van der Waals surface area (Å²) in [5, 5.41) is 3.61. The van der Waals surface area contributed by atoms with Gasteiger partial charge in [0.1, 0.15) is 24.1 Å². The van der Waals surface area contributed by atoms with Gasteiger partial charge in [-0.25, -0.2) is 8.42 Å². The molecule has 8 nitrogen and oxygen atoms in total. The van der Waals surface area contributed by atoms with E-state index >= 15 is 0 Å². The fourth-order valence-corrected chi connectivity index (χ4v) is 6.58. The van der Waals surface area contributed by atoms with Crippen LogP contribution in [-0.2, 0) is 26.2 Å². The van der Waals surface area contributed by atoms with Crippen LogP contribution in [0.15, 0.2) is 108 Å². The van der Waals surface area contributed by atoms with Gasteiger partial charge in [0.15, 0.2) is 0 Å². The topological polar surface area (TPSA) is 96.0 Å². The molecule has 0 saturated heterocycles. The molecular weight excluding hydrogens is 633 g/mol. The molecule has 1 N–H and O–H groups in total. The predicted octanol–water partition coefficient (Wildman–Crippen LogP) is 7.31. The maximum absolute atomic E-state index is 14.2. The lowest BCUT2D eigenvalue weighted by atomic mass is 10.1. The summed E-state index contributed by atoms with van der Waals surface area (Å²) in [6, 6.07) is 27.5. The summed E-state index contributed by atoms with van der Waals surface area (Å²) in [6.07, 6.45) is 1.01. The van der Waals surface area contributed by atoms with Crippen molar-refractivity contribution in [1.29, 1.82) is 0 Å². The lowest BCUT2D eigenvalue weighted by Gasteiger charge is -2.33. The zero-order chi connectivity index (χ0) is 32.4. The largest absolute Gasteiger partial charge is 0.457 e. The Bertz CT molecular complexity index is 1690. The van der Waals surface area contributed by atoms with E-state index in [1.807, 2.05) is 25.1 Å². The lowest BCUT2D eigenvalue weighted by molar-refractivity contribution is -0.140. The average Bonchev–Trinajstić information content (AvgIpc) is 3.04. The summed E-state index contributed by atoms with van der Waals surface area (Å²) >= 11 is 12.6. The van der Waals surface area contributed by atoms with Crippen molar-refractivity contribution in [2.45, 2.75) is 44.2 Å². The van der Waals surface area contributed by atoms with Crippen molar-refractivity contribution in [2.24, 2.45) is 0 Å². The maximum Gasteiger partial charge on any atom is 0.264 e. The molecule has 0 fully saturated rings. The summed E-state index contributed by atoms with van der Waals surface area (Å²) in [6.45, 7) is 3.56. The van der Waals surface area contributed by atoms with Crippen LogP contribution in [0.2, 0.25) is 10.0 Å². The van der Waals surface area contributed by atoms with E-state index in [1.54, 1.807) is 79.7 Å². The highest BCUT2D eigenvalue weighted by Gasteiger charge is 2.34. The Kier molecular flexibility index (Phi) is 11.9. The molecule has 0 saturated carbocycles. The zero-order valence-corrected chi connectivity index (χ0v) is 27.4. The molecule has 0 bridgehead atoms. The Labute approximate surface area is 274 Å². The van der Waals surface area contributed by atoms with Crippen molar-refractivity contribution >= 4 is 50.7 Å². The number of nitrogens with zero attached hydrogens (tertiary/aromatic N) is 2. The molecule has 11 heteroatoms. The number of halogens is 2. The molecule has 45 heavy (non-hydrogen) atoms. The van der Waals surface area contributed by atoms with Crippen LogP contribution in [0, 0.1) is 0 Å². The Hall–Kier alpha value is -4.05. The number of carbonyl (C=O) groups is 2. The quantitative estimate of drug-likeness (QED) is 0.152. The molecule has 4 aromatic carbocycles. The second-order valence-corrected chi connectivity index (χ2v) is 12.9. The first kappa shape index (κ1) is 33.8. The van der Waals surface area contributed by atoms with E-state index in [2.05, 4.69) is 5.32 Å². The van der Waals surface area contributed by atoms with Crippen LogP contribution >= 0.6 is 23.2 Å². The van der Waals surface area contributed by atoms with Gasteiger partial charge in [-0.3, -0.25) is 13.9 Å². The first-order chi connectivity index (χ1) is 21.6. The highest BCUT2D eigenvalue weighted by molar-refractivity contribution is 7.92. The van der Waals surface area contributed by atoms with Crippen LogP contribution < -0.4 is 14.4 Å². The van der Waals surface area contributed by atoms with Gasteiger partial charge in [0, 0.05) is 23.1 Å². The molecule has 4 aromatic rings. The SMILES string of the molecule is CCCNC(=O)[C@H](CC)N(Cc1ccc(Cl)cc1Cl)C(=O)CN(c1ccc(Oc2ccccc2)cc1)S(=O)(=O)c1ccccc1. The third-order valence-corrected chi connectivity index (χ3v) is 9.38. The Morgan fingerprint density at radius 3 is 2.07 bits per heavy atom. The van der Waals surface area contributed by atoms with Crippen molar-refractivity contribution in [3.63, 3.8) is 0 Å². The minimum Gasteiger partial charge on any atom is -0.457 e. The second-order valence-electron chi connectivity index (χ2n) is 10.2. The van der Waals surface area contributed by atoms with Crippen LogP contribution in [0.25, 0.3) is 0 Å². The molecule has 0 aromatic heterocycles. The minimum absolute atomic E-state index is 0.0161. The molecule has 0 aliphatic heterocycles. The number of para-hydroxylation sites is 1. The van der Waals surface area contributed by atoms with Crippen molar-refractivity contribution in [2.75, 3.05) is 17.4 Å². The number of nitrogens with one attached hydrogen (secondary N) is 1. The first-order valence-corrected chi connectivity index (χ1v) is 16.8. The van der Waals surface area contributed by atoms with Crippen LogP contribution in [0.4, 0.5) is 5.69 Å². The van der Waals surface area contributed by atoms with E-state index in [9.17, 15) is 18.0 Å².